The summed E-state index contributed by atoms with van der Waals surface area (Å²) in [6, 6.07) is 0.108. The van der Waals surface area contributed by atoms with E-state index < -0.39 is 15.1 Å². The smallest absolute Gasteiger partial charge is 0.238 e. The molecule has 0 bridgehead atoms. The topological polar surface area (TPSA) is 75.3 Å². The summed E-state index contributed by atoms with van der Waals surface area (Å²) in [5, 5.41) is 5.02. The van der Waals surface area contributed by atoms with Crippen molar-refractivity contribution in [3.8, 4) is 0 Å². The second-order valence-corrected chi connectivity index (χ2v) is 9.40. The number of piperidine rings is 1. The molecule has 5 nitrogen and oxygen atoms in total. The van der Waals surface area contributed by atoms with Gasteiger partial charge < -0.3 is 10.6 Å². The van der Waals surface area contributed by atoms with Crippen LogP contribution in [-0.2, 0) is 14.6 Å². The standard InChI is InChI=1S/C16H30N2O3S/c1-12(2)15(16(19)18-13-8-10-17-11-9-13)22(20,21)14-6-4-3-5-7-14/h12-15,17H,3-11H2,1-2H3,(H,18,19). The summed E-state index contributed by atoms with van der Waals surface area (Å²) in [5.41, 5.74) is 0. The van der Waals surface area contributed by atoms with E-state index in [0.29, 0.717) is 12.8 Å². The molecule has 0 aromatic rings. The predicted molar refractivity (Wildman–Crippen MR) is 88.5 cm³/mol. The first kappa shape index (κ1) is 17.7. The fourth-order valence-electron chi connectivity index (χ4n) is 3.68. The Morgan fingerprint density at radius 1 is 1.05 bits per heavy atom. The molecule has 2 aliphatic rings. The quantitative estimate of drug-likeness (QED) is 0.803. The first-order valence-corrected chi connectivity index (χ1v) is 10.3. The van der Waals surface area contributed by atoms with Gasteiger partial charge in [0.2, 0.25) is 5.91 Å². The molecule has 1 aliphatic carbocycles. The fraction of sp³-hybridized carbons (Fsp3) is 0.938. The Bertz CT molecular complexity index is 464. The van der Waals surface area contributed by atoms with Crippen molar-refractivity contribution in [1.82, 2.24) is 10.6 Å². The second-order valence-electron chi connectivity index (χ2n) is 7.05. The molecule has 0 spiro atoms. The summed E-state index contributed by atoms with van der Waals surface area (Å²) in [7, 11) is -3.40. The Labute approximate surface area is 134 Å². The van der Waals surface area contributed by atoms with Gasteiger partial charge in [0.25, 0.3) is 0 Å². The summed E-state index contributed by atoms with van der Waals surface area (Å²) >= 11 is 0. The highest BCUT2D eigenvalue weighted by molar-refractivity contribution is 7.93. The maximum Gasteiger partial charge on any atom is 0.238 e. The molecule has 6 heteroatoms. The molecule has 1 aliphatic heterocycles. The van der Waals surface area contributed by atoms with E-state index in [0.717, 1.165) is 45.2 Å². The van der Waals surface area contributed by atoms with Gasteiger partial charge in [0, 0.05) is 6.04 Å². The van der Waals surface area contributed by atoms with Crippen molar-refractivity contribution in [1.29, 1.82) is 0 Å². The van der Waals surface area contributed by atoms with Gasteiger partial charge in [-0.15, -0.1) is 0 Å². The van der Waals surface area contributed by atoms with Crippen molar-refractivity contribution < 1.29 is 13.2 Å². The average molecular weight is 330 g/mol. The number of sulfone groups is 1. The molecule has 1 unspecified atom stereocenters. The van der Waals surface area contributed by atoms with Crippen LogP contribution in [0, 0.1) is 5.92 Å². The molecule has 1 amide bonds. The SMILES string of the molecule is CC(C)C(C(=O)NC1CCNCC1)S(=O)(=O)C1CCCCC1. The largest absolute Gasteiger partial charge is 0.352 e. The molecule has 0 radical (unpaired) electrons. The van der Waals surface area contributed by atoms with Crippen LogP contribution in [0.2, 0.25) is 0 Å². The minimum atomic E-state index is -3.40. The van der Waals surface area contributed by atoms with Crippen molar-refractivity contribution >= 4 is 15.7 Å². The van der Waals surface area contributed by atoms with Gasteiger partial charge in [-0.05, 0) is 44.7 Å². The Morgan fingerprint density at radius 2 is 1.64 bits per heavy atom. The highest BCUT2D eigenvalue weighted by Gasteiger charge is 2.41. The van der Waals surface area contributed by atoms with E-state index in [-0.39, 0.29) is 23.1 Å². The van der Waals surface area contributed by atoms with Crippen molar-refractivity contribution in [3.63, 3.8) is 0 Å². The van der Waals surface area contributed by atoms with E-state index in [1.165, 1.54) is 0 Å². The van der Waals surface area contributed by atoms with Crippen LogP contribution in [0.15, 0.2) is 0 Å². The Balaban J connectivity index is 2.08. The molecule has 2 fully saturated rings. The molecule has 1 heterocycles. The van der Waals surface area contributed by atoms with Crippen LogP contribution >= 0.6 is 0 Å². The summed E-state index contributed by atoms with van der Waals surface area (Å²) in [6.07, 6.45) is 6.22. The van der Waals surface area contributed by atoms with Gasteiger partial charge in [0.15, 0.2) is 9.84 Å². The van der Waals surface area contributed by atoms with E-state index in [9.17, 15) is 13.2 Å². The summed E-state index contributed by atoms with van der Waals surface area (Å²) in [4.78, 5) is 12.6. The first-order chi connectivity index (χ1) is 10.4. The summed E-state index contributed by atoms with van der Waals surface area (Å²) in [6.45, 7) is 5.44. The molecule has 2 N–H and O–H groups in total. The number of rotatable bonds is 5. The number of nitrogens with one attached hydrogen (secondary N) is 2. The van der Waals surface area contributed by atoms with Crippen LogP contribution in [0.1, 0.15) is 58.8 Å². The number of carbonyl (C=O) groups excluding carboxylic acids is 1. The van der Waals surface area contributed by atoms with Crippen LogP contribution in [0.5, 0.6) is 0 Å². The number of carbonyl (C=O) groups is 1. The van der Waals surface area contributed by atoms with Gasteiger partial charge in [-0.25, -0.2) is 8.42 Å². The minimum absolute atomic E-state index is 0.108. The van der Waals surface area contributed by atoms with Crippen molar-refractivity contribution in [2.75, 3.05) is 13.1 Å². The molecule has 0 aromatic carbocycles. The van der Waals surface area contributed by atoms with Gasteiger partial charge >= 0.3 is 0 Å². The monoisotopic (exact) mass is 330 g/mol. The van der Waals surface area contributed by atoms with E-state index >= 15 is 0 Å². The summed E-state index contributed by atoms with van der Waals surface area (Å²) < 4.78 is 25.9. The number of hydrogen-bond acceptors (Lipinski definition) is 4. The lowest BCUT2D eigenvalue weighted by Crippen LogP contribution is -2.51. The van der Waals surface area contributed by atoms with Gasteiger partial charge in [-0.2, -0.15) is 0 Å². The van der Waals surface area contributed by atoms with E-state index in [1.54, 1.807) is 0 Å². The van der Waals surface area contributed by atoms with Crippen molar-refractivity contribution in [3.05, 3.63) is 0 Å². The molecule has 1 saturated heterocycles. The average Bonchev–Trinajstić information content (AvgIpc) is 2.48. The highest BCUT2D eigenvalue weighted by Crippen LogP contribution is 2.29. The third-order valence-electron chi connectivity index (χ3n) is 4.92. The molecule has 2 rings (SSSR count). The van der Waals surface area contributed by atoms with Crippen LogP contribution in [-0.4, -0.2) is 44.0 Å². The van der Waals surface area contributed by atoms with E-state index in [1.807, 2.05) is 13.8 Å². The Morgan fingerprint density at radius 3 is 2.18 bits per heavy atom. The van der Waals surface area contributed by atoms with Crippen LogP contribution in [0.3, 0.4) is 0 Å². The zero-order valence-electron chi connectivity index (χ0n) is 13.8. The lowest BCUT2D eigenvalue weighted by atomic mass is 10.0. The third kappa shape index (κ3) is 4.22. The maximum absolute atomic E-state index is 12.9. The zero-order chi connectivity index (χ0) is 16.2. The molecule has 0 aromatic heterocycles. The zero-order valence-corrected chi connectivity index (χ0v) is 14.6. The number of amides is 1. The van der Waals surface area contributed by atoms with Crippen LogP contribution < -0.4 is 10.6 Å². The highest BCUT2D eigenvalue weighted by atomic mass is 32.2. The van der Waals surface area contributed by atoms with Crippen LogP contribution in [0.25, 0.3) is 0 Å². The lowest BCUT2D eigenvalue weighted by Gasteiger charge is -2.31. The van der Waals surface area contributed by atoms with Gasteiger partial charge in [0.05, 0.1) is 5.25 Å². The van der Waals surface area contributed by atoms with Crippen molar-refractivity contribution in [2.24, 2.45) is 5.92 Å². The lowest BCUT2D eigenvalue weighted by molar-refractivity contribution is -0.122. The fourth-order valence-corrected chi connectivity index (χ4v) is 6.21. The molecular formula is C16H30N2O3S. The molecule has 1 atom stereocenters. The maximum atomic E-state index is 12.9. The van der Waals surface area contributed by atoms with E-state index in [2.05, 4.69) is 10.6 Å². The third-order valence-corrected chi connectivity index (χ3v) is 7.79. The second kappa shape index (κ2) is 7.77. The predicted octanol–water partition coefficient (Wildman–Crippen LogP) is 1.63. The van der Waals surface area contributed by atoms with Gasteiger partial charge in [0.1, 0.15) is 5.25 Å². The van der Waals surface area contributed by atoms with E-state index in [4.69, 9.17) is 0 Å². The van der Waals surface area contributed by atoms with Gasteiger partial charge in [-0.1, -0.05) is 33.1 Å². The number of hydrogen-bond donors (Lipinski definition) is 2. The molecule has 1 saturated carbocycles. The molecule has 128 valence electrons. The minimum Gasteiger partial charge on any atom is -0.352 e. The first-order valence-electron chi connectivity index (χ1n) is 8.66. The van der Waals surface area contributed by atoms with Gasteiger partial charge in [-0.3, -0.25) is 4.79 Å². The Kier molecular flexibility index (Phi) is 6.26. The summed E-state index contributed by atoms with van der Waals surface area (Å²) in [5.74, 6) is -0.471. The van der Waals surface area contributed by atoms with Crippen molar-refractivity contribution in [2.45, 2.75) is 75.3 Å². The molecule has 22 heavy (non-hydrogen) atoms. The van der Waals surface area contributed by atoms with Crippen LogP contribution in [0.4, 0.5) is 0 Å². The molecular weight excluding hydrogens is 300 g/mol. The Hall–Kier alpha value is -0.620. The normalized spacial score (nSPS) is 23.4.